The van der Waals surface area contributed by atoms with Gasteiger partial charge >= 0.3 is 0 Å². The maximum atomic E-state index is 12.3. The van der Waals surface area contributed by atoms with Crippen LogP contribution in [-0.2, 0) is 11.2 Å². The van der Waals surface area contributed by atoms with Crippen LogP contribution in [0.4, 0.5) is 0 Å². The van der Waals surface area contributed by atoms with E-state index in [1.807, 2.05) is 24.3 Å². The van der Waals surface area contributed by atoms with Gasteiger partial charge in [-0.2, -0.15) is 0 Å². The predicted octanol–water partition coefficient (Wildman–Crippen LogP) is 2.80. The molecule has 3 heteroatoms. The van der Waals surface area contributed by atoms with Crippen molar-refractivity contribution in [1.82, 2.24) is 5.32 Å². The lowest BCUT2D eigenvalue weighted by atomic mass is 9.69. The Morgan fingerprint density at radius 2 is 2.11 bits per heavy atom. The molecule has 0 unspecified atom stereocenters. The molecule has 0 aromatic heterocycles. The van der Waals surface area contributed by atoms with Crippen LogP contribution in [0, 0.1) is 5.41 Å². The normalized spacial score (nSPS) is 16.7. The Hall–Kier alpha value is -1.35. The lowest BCUT2D eigenvalue weighted by molar-refractivity contribution is 0.0180. The van der Waals surface area contributed by atoms with Gasteiger partial charge in [0.1, 0.15) is 0 Å². The van der Waals surface area contributed by atoms with Gasteiger partial charge in [-0.05, 0) is 30.9 Å². The number of nitrogens with one attached hydrogen (secondary N) is 1. The molecule has 104 valence electrons. The number of carbonyl (C=O) groups is 1. The second-order valence-electron chi connectivity index (χ2n) is 5.48. The summed E-state index contributed by atoms with van der Waals surface area (Å²) < 4.78 is 5.28. The first-order valence-corrected chi connectivity index (χ1v) is 7.06. The molecule has 1 aromatic carbocycles. The van der Waals surface area contributed by atoms with E-state index in [1.165, 1.54) is 6.42 Å². The van der Waals surface area contributed by atoms with Crippen LogP contribution in [0.2, 0.25) is 0 Å². The van der Waals surface area contributed by atoms with Crippen LogP contribution in [0.25, 0.3) is 0 Å². The molecule has 1 aliphatic carbocycles. The topological polar surface area (TPSA) is 38.3 Å². The number of benzene rings is 1. The van der Waals surface area contributed by atoms with Crippen molar-refractivity contribution in [2.24, 2.45) is 5.41 Å². The Morgan fingerprint density at radius 3 is 2.68 bits per heavy atom. The average molecular weight is 261 g/mol. The minimum absolute atomic E-state index is 0.0415. The largest absolute Gasteiger partial charge is 0.384 e. The van der Waals surface area contributed by atoms with Crippen molar-refractivity contribution in [3.63, 3.8) is 0 Å². The molecule has 0 radical (unpaired) electrons. The number of amides is 1. The number of carbonyl (C=O) groups excluding carboxylic acids is 1. The van der Waals surface area contributed by atoms with E-state index in [0.29, 0.717) is 0 Å². The molecular weight excluding hydrogens is 238 g/mol. The fourth-order valence-electron chi connectivity index (χ4n) is 2.77. The summed E-state index contributed by atoms with van der Waals surface area (Å²) in [7, 11) is 1.73. The number of aryl methyl sites for hydroxylation is 1. The predicted molar refractivity (Wildman–Crippen MR) is 76.3 cm³/mol. The number of hydrogen-bond donors (Lipinski definition) is 1. The molecule has 2 rings (SSSR count). The molecule has 0 spiro atoms. The van der Waals surface area contributed by atoms with E-state index in [0.717, 1.165) is 43.5 Å². The van der Waals surface area contributed by atoms with Gasteiger partial charge in [-0.3, -0.25) is 4.79 Å². The Labute approximate surface area is 115 Å². The van der Waals surface area contributed by atoms with E-state index >= 15 is 0 Å². The van der Waals surface area contributed by atoms with Crippen molar-refractivity contribution in [2.45, 2.75) is 32.6 Å². The van der Waals surface area contributed by atoms with Gasteiger partial charge in [0.2, 0.25) is 0 Å². The van der Waals surface area contributed by atoms with Gasteiger partial charge in [-0.15, -0.1) is 0 Å². The number of methoxy groups -OCH3 is 1. The molecule has 1 aromatic rings. The molecule has 0 bridgehead atoms. The first-order valence-electron chi connectivity index (χ1n) is 7.06. The van der Waals surface area contributed by atoms with E-state index in [2.05, 4.69) is 12.2 Å². The summed E-state index contributed by atoms with van der Waals surface area (Å²) >= 11 is 0. The van der Waals surface area contributed by atoms with Crippen LogP contribution in [0.15, 0.2) is 24.3 Å². The fourth-order valence-corrected chi connectivity index (χ4v) is 2.77. The van der Waals surface area contributed by atoms with Gasteiger partial charge in [0.25, 0.3) is 5.91 Å². The first-order chi connectivity index (χ1) is 9.21. The SMILES string of the molecule is CCc1ccccc1C(=O)NCC1(COC)CCC1. The summed E-state index contributed by atoms with van der Waals surface area (Å²) in [6.07, 6.45) is 4.42. The third-order valence-corrected chi connectivity index (χ3v) is 4.13. The Kier molecular flexibility index (Phi) is 4.59. The average Bonchev–Trinajstić information content (AvgIpc) is 2.41. The molecule has 1 aliphatic rings. The molecule has 0 aliphatic heterocycles. The van der Waals surface area contributed by atoms with Crippen LogP contribution in [0.5, 0.6) is 0 Å². The second kappa shape index (κ2) is 6.20. The number of rotatable bonds is 6. The van der Waals surface area contributed by atoms with E-state index in [9.17, 15) is 4.79 Å². The minimum atomic E-state index is 0.0415. The molecule has 1 N–H and O–H groups in total. The summed E-state index contributed by atoms with van der Waals surface area (Å²) in [6.45, 7) is 3.53. The van der Waals surface area contributed by atoms with Gasteiger partial charge in [-0.1, -0.05) is 31.5 Å². The molecule has 19 heavy (non-hydrogen) atoms. The fraction of sp³-hybridized carbons (Fsp3) is 0.562. The lowest BCUT2D eigenvalue weighted by Gasteiger charge is -2.41. The standard InChI is InChI=1S/C16H23NO2/c1-3-13-7-4-5-8-14(13)15(18)17-11-16(12-19-2)9-6-10-16/h4-5,7-8H,3,6,9-12H2,1-2H3,(H,17,18). The molecular formula is C16H23NO2. The molecule has 1 saturated carbocycles. The highest BCUT2D eigenvalue weighted by Crippen LogP contribution is 2.40. The molecule has 0 heterocycles. The first kappa shape index (κ1) is 14.1. The number of hydrogen-bond acceptors (Lipinski definition) is 2. The summed E-state index contributed by atoms with van der Waals surface area (Å²) in [5, 5.41) is 3.08. The second-order valence-corrected chi connectivity index (χ2v) is 5.48. The molecule has 1 amide bonds. The summed E-state index contributed by atoms with van der Waals surface area (Å²) in [6, 6.07) is 7.82. The van der Waals surface area contributed by atoms with Gasteiger partial charge in [-0.25, -0.2) is 0 Å². The maximum absolute atomic E-state index is 12.3. The van der Waals surface area contributed by atoms with Crippen molar-refractivity contribution in [3.05, 3.63) is 35.4 Å². The van der Waals surface area contributed by atoms with E-state index in [4.69, 9.17) is 4.74 Å². The van der Waals surface area contributed by atoms with E-state index in [-0.39, 0.29) is 11.3 Å². The van der Waals surface area contributed by atoms with E-state index < -0.39 is 0 Å². The van der Waals surface area contributed by atoms with Crippen LogP contribution < -0.4 is 5.32 Å². The van der Waals surface area contributed by atoms with Crippen molar-refractivity contribution in [3.8, 4) is 0 Å². The highest BCUT2D eigenvalue weighted by Gasteiger charge is 2.37. The Bertz CT molecular complexity index is 438. The Morgan fingerprint density at radius 1 is 1.37 bits per heavy atom. The van der Waals surface area contributed by atoms with Crippen molar-refractivity contribution < 1.29 is 9.53 Å². The van der Waals surface area contributed by atoms with Crippen LogP contribution in [-0.4, -0.2) is 26.2 Å². The van der Waals surface area contributed by atoms with Gasteiger partial charge in [0.15, 0.2) is 0 Å². The monoisotopic (exact) mass is 261 g/mol. The zero-order valence-corrected chi connectivity index (χ0v) is 11.9. The summed E-state index contributed by atoms with van der Waals surface area (Å²) in [4.78, 5) is 12.3. The van der Waals surface area contributed by atoms with Crippen LogP contribution in [0.3, 0.4) is 0 Å². The Balaban J connectivity index is 1.97. The van der Waals surface area contributed by atoms with Crippen LogP contribution >= 0.6 is 0 Å². The smallest absolute Gasteiger partial charge is 0.251 e. The van der Waals surface area contributed by atoms with Gasteiger partial charge in [0.05, 0.1) is 6.61 Å². The van der Waals surface area contributed by atoms with Crippen molar-refractivity contribution in [2.75, 3.05) is 20.3 Å². The highest BCUT2D eigenvalue weighted by molar-refractivity contribution is 5.95. The quantitative estimate of drug-likeness (QED) is 0.855. The zero-order chi connectivity index (χ0) is 13.7. The van der Waals surface area contributed by atoms with Gasteiger partial charge in [0, 0.05) is 24.6 Å². The molecule has 3 nitrogen and oxygen atoms in total. The molecule has 0 saturated heterocycles. The lowest BCUT2D eigenvalue weighted by Crippen LogP contribution is -2.45. The van der Waals surface area contributed by atoms with Crippen molar-refractivity contribution >= 4 is 5.91 Å². The van der Waals surface area contributed by atoms with E-state index in [1.54, 1.807) is 7.11 Å². The summed E-state index contributed by atoms with van der Waals surface area (Å²) in [5.74, 6) is 0.0415. The maximum Gasteiger partial charge on any atom is 0.251 e. The summed E-state index contributed by atoms with van der Waals surface area (Å²) in [5.41, 5.74) is 2.08. The van der Waals surface area contributed by atoms with Gasteiger partial charge < -0.3 is 10.1 Å². The molecule has 0 atom stereocenters. The number of ether oxygens (including phenoxy) is 1. The minimum Gasteiger partial charge on any atom is -0.384 e. The van der Waals surface area contributed by atoms with Crippen LogP contribution in [0.1, 0.15) is 42.1 Å². The molecule has 1 fully saturated rings. The third-order valence-electron chi connectivity index (χ3n) is 4.13. The van der Waals surface area contributed by atoms with Crippen molar-refractivity contribution in [1.29, 1.82) is 0 Å². The highest BCUT2D eigenvalue weighted by atomic mass is 16.5. The third kappa shape index (κ3) is 3.16. The zero-order valence-electron chi connectivity index (χ0n) is 11.9.